The molecule has 4 heteroatoms. The number of halogens is 1. The molecular weight excluding hydrogens is 290 g/mol. The molecule has 3 rings (SSSR count). The van der Waals surface area contributed by atoms with Crippen LogP contribution in [0, 0.1) is 0 Å². The molecular formula is C16H16ClNOS. The van der Waals surface area contributed by atoms with Crippen LogP contribution in [-0.4, -0.2) is 18.3 Å². The van der Waals surface area contributed by atoms with E-state index in [0.29, 0.717) is 6.54 Å². The van der Waals surface area contributed by atoms with Crippen molar-refractivity contribution < 1.29 is 5.11 Å². The van der Waals surface area contributed by atoms with E-state index < -0.39 is 0 Å². The van der Waals surface area contributed by atoms with Crippen molar-refractivity contribution in [3.05, 3.63) is 58.6 Å². The van der Waals surface area contributed by atoms with Gasteiger partial charge in [0.05, 0.1) is 6.61 Å². The standard InChI is InChI=1S/C16H16ClNOS/c17-12-5-6-15-11(9-12)10-14(18-7-8-19)13-3-1-2-4-16(13)20-15/h1-6,9,14,18-19H,7-8,10H2/t14-/m0/s1. The Hall–Kier alpha value is -1.00. The number of nitrogens with one attached hydrogen (secondary N) is 1. The predicted molar refractivity (Wildman–Crippen MR) is 83.6 cm³/mol. The molecule has 2 aromatic carbocycles. The predicted octanol–water partition coefficient (Wildman–Crippen LogP) is 3.67. The fourth-order valence-electron chi connectivity index (χ4n) is 2.54. The SMILES string of the molecule is OCCN[C@H]1Cc2cc(Cl)ccc2Sc2ccccc21. The zero-order valence-electron chi connectivity index (χ0n) is 11.0. The summed E-state index contributed by atoms with van der Waals surface area (Å²) in [7, 11) is 0. The number of fused-ring (bicyclic) bond motifs is 2. The summed E-state index contributed by atoms with van der Waals surface area (Å²) >= 11 is 7.91. The highest BCUT2D eigenvalue weighted by molar-refractivity contribution is 7.99. The van der Waals surface area contributed by atoms with Gasteiger partial charge in [0.2, 0.25) is 0 Å². The number of rotatable bonds is 3. The molecule has 2 aromatic rings. The van der Waals surface area contributed by atoms with Crippen LogP contribution in [0.3, 0.4) is 0 Å². The molecule has 0 aromatic heterocycles. The van der Waals surface area contributed by atoms with Gasteiger partial charge in [0.15, 0.2) is 0 Å². The third-order valence-electron chi connectivity index (χ3n) is 3.46. The molecule has 0 saturated heterocycles. The van der Waals surface area contributed by atoms with E-state index in [1.54, 1.807) is 11.8 Å². The van der Waals surface area contributed by atoms with Crippen molar-refractivity contribution in [1.29, 1.82) is 0 Å². The lowest BCUT2D eigenvalue weighted by molar-refractivity contribution is 0.283. The van der Waals surface area contributed by atoms with Gasteiger partial charge < -0.3 is 10.4 Å². The van der Waals surface area contributed by atoms with E-state index in [0.717, 1.165) is 11.4 Å². The number of hydrogen-bond donors (Lipinski definition) is 2. The van der Waals surface area contributed by atoms with Gasteiger partial charge in [-0.05, 0) is 41.8 Å². The normalized spacial score (nSPS) is 17.2. The summed E-state index contributed by atoms with van der Waals surface area (Å²) in [6.07, 6.45) is 0.889. The van der Waals surface area contributed by atoms with Gasteiger partial charge in [0.25, 0.3) is 0 Å². The summed E-state index contributed by atoms with van der Waals surface area (Å²) in [6.45, 7) is 0.744. The fourth-order valence-corrected chi connectivity index (χ4v) is 3.85. The molecule has 1 aliphatic heterocycles. The molecule has 0 fully saturated rings. The minimum absolute atomic E-state index is 0.147. The Morgan fingerprint density at radius 2 is 2.05 bits per heavy atom. The maximum Gasteiger partial charge on any atom is 0.0556 e. The molecule has 2 N–H and O–H groups in total. The summed E-state index contributed by atoms with van der Waals surface area (Å²) in [4.78, 5) is 2.53. The Morgan fingerprint density at radius 1 is 1.20 bits per heavy atom. The van der Waals surface area contributed by atoms with Crippen LogP contribution < -0.4 is 5.32 Å². The molecule has 0 aliphatic carbocycles. The first kappa shape index (κ1) is 14.0. The monoisotopic (exact) mass is 305 g/mol. The lowest BCUT2D eigenvalue weighted by Crippen LogP contribution is -2.26. The number of hydrogen-bond acceptors (Lipinski definition) is 3. The lowest BCUT2D eigenvalue weighted by Gasteiger charge is -2.18. The molecule has 1 atom stereocenters. The molecule has 1 aliphatic rings. The Bertz CT molecular complexity index is 617. The summed E-state index contributed by atoms with van der Waals surface area (Å²) in [5.74, 6) is 0. The van der Waals surface area contributed by atoms with E-state index in [-0.39, 0.29) is 12.6 Å². The summed E-state index contributed by atoms with van der Waals surface area (Å²) in [6, 6.07) is 14.7. The molecule has 0 amide bonds. The van der Waals surface area contributed by atoms with Gasteiger partial charge >= 0.3 is 0 Å². The van der Waals surface area contributed by atoms with Crippen LogP contribution >= 0.6 is 23.4 Å². The Kier molecular flexibility index (Phi) is 4.32. The minimum atomic E-state index is 0.147. The van der Waals surface area contributed by atoms with Gasteiger partial charge in [-0.25, -0.2) is 0 Å². The van der Waals surface area contributed by atoms with Gasteiger partial charge in [-0.15, -0.1) is 0 Å². The topological polar surface area (TPSA) is 32.3 Å². The first-order chi connectivity index (χ1) is 9.78. The quantitative estimate of drug-likeness (QED) is 0.907. The smallest absolute Gasteiger partial charge is 0.0556 e. The summed E-state index contributed by atoms with van der Waals surface area (Å²) in [5, 5.41) is 13.3. The molecule has 1 heterocycles. The Labute approximate surface area is 128 Å². The fraction of sp³-hybridized carbons (Fsp3) is 0.250. The van der Waals surface area contributed by atoms with Crippen LogP contribution in [0.25, 0.3) is 0 Å². The van der Waals surface area contributed by atoms with Crippen molar-refractivity contribution >= 4 is 23.4 Å². The van der Waals surface area contributed by atoms with E-state index in [1.807, 2.05) is 12.1 Å². The third-order valence-corrected chi connectivity index (χ3v) is 4.91. The molecule has 20 heavy (non-hydrogen) atoms. The highest BCUT2D eigenvalue weighted by Crippen LogP contribution is 2.41. The Morgan fingerprint density at radius 3 is 2.90 bits per heavy atom. The van der Waals surface area contributed by atoms with E-state index in [9.17, 15) is 0 Å². The molecule has 2 nitrogen and oxygen atoms in total. The lowest BCUT2D eigenvalue weighted by atomic mass is 9.99. The van der Waals surface area contributed by atoms with E-state index in [4.69, 9.17) is 16.7 Å². The van der Waals surface area contributed by atoms with Gasteiger partial charge in [0, 0.05) is 27.4 Å². The highest BCUT2D eigenvalue weighted by atomic mass is 35.5. The molecule has 0 radical (unpaired) electrons. The second kappa shape index (κ2) is 6.19. The van der Waals surface area contributed by atoms with Crippen LogP contribution in [-0.2, 0) is 6.42 Å². The second-order valence-corrected chi connectivity index (χ2v) is 6.35. The first-order valence-electron chi connectivity index (χ1n) is 6.67. The minimum Gasteiger partial charge on any atom is -0.395 e. The van der Waals surface area contributed by atoms with Crippen LogP contribution in [0.4, 0.5) is 0 Å². The van der Waals surface area contributed by atoms with Gasteiger partial charge in [0.1, 0.15) is 0 Å². The average molecular weight is 306 g/mol. The van der Waals surface area contributed by atoms with Crippen molar-refractivity contribution in [2.75, 3.05) is 13.2 Å². The van der Waals surface area contributed by atoms with Crippen LogP contribution in [0.2, 0.25) is 5.02 Å². The molecule has 0 bridgehead atoms. The van der Waals surface area contributed by atoms with Crippen LogP contribution in [0.5, 0.6) is 0 Å². The van der Waals surface area contributed by atoms with Crippen molar-refractivity contribution in [1.82, 2.24) is 5.32 Å². The average Bonchev–Trinajstić information content (AvgIpc) is 2.61. The molecule has 0 saturated carbocycles. The summed E-state index contributed by atoms with van der Waals surface area (Å²) < 4.78 is 0. The maximum absolute atomic E-state index is 9.07. The van der Waals surface area contributed by atoms with Gasteiger partial charge in [-0.3, -0.25) is 0 Å². The molecule has 0 unspecified atom stereocenters. The van der Waals surface area contributed by atoms with Crippen molar-refractivity contribution in [3.8, 4) is 0 Å². The third kappa shape index (κ3) is 2.86. The molecule has 104 valence electrons. The second-order valence-electron chi connectivity index (χ2n) is 4.83. The number of benzene rings is 2. The first-order valence-corrected chi connectivity index (χ1v) is 7.87. The van der Waals surface area contributed by atoms with E-state index >= 15 is 0 Å². The van der Waals surface area contributed by atoms with Gasteiger partial charge in [-0.2, -0.15) is 0 Å². The van der Waals surface area contributed by atoms with E-state index in [2.05, 4.69) is 35.6 Å². The van der Waals surface area contributed by atoms with Crippen LogP contribution in [0.15, 0.2) is 52.3 Å². The van der Waals surface area contributed by atoms with Crippen molar-refractivity contribution in [3.63, 3.8) is 0 Å². The zero-order valence-corrected chi connectivity index (χ0v) is 12.5. The maximum atomic E-state index is 9.07. The highest BCUT2D eigenvalue weighted by Gasteiger charge is 2.22. The van der Waals surface area contributed by atoms with E-state index in [1.165, 1.54) is 20.9 Å². The Balaban J connectivity index is 2.02. The van der Waals surface area contributed by atoms with Crippen molar-refractivity contribution in [2.45, 2.75) is 22.3 Å². The van der Waals surface area contributed by atoms with Gasteiger partial charge in [-0.1, -0.05) is 41.6 Å². The zero-order chi connectivity index (χ0) is 13.9. The van der Waals surface area contributed by atoms with Crippen LogP contribution in [0.1, 0.15) is 17.2 Å². The summed E-state index contributed by atoms with van der Waals surface area (Å²) in [5.41, 5.74) is 2.55. The number of aliphatic hydroxyl groups is 1. The van der Waals surface area contributed by atoms with Crippen molar-refractivity contribution in [2.24, 2.45) is 0 Å². The largest absolute Gasteiger partial charge is 0.395 e. The molecule has 0 spiro atoms. The number of aliphatic hydroxyl groups excluding tert-OH is 1.